The third kappa shape index (κ3) is 23.2. The molecule has 1 aliphatic carbocycles. The number of benzene rings is 2. The first-order chi connectivity index (χ1) is 46.2. The zero-order valence-electron chi connectivity index (χ0n) is 57.9. The second-order valence-electron chi connectivity index (χ2n) is 26.7. The highest BCUT2D eigenvalue weighted by Gasteiger charge is 2.45. The first-order valence-electron chi connectivity index (χ1n) is 33.9. The zero-order chi connectivity index (χ0) is 70.9. The number of thiazole rings is 1. The van der Waals surface area contributed by atoms with E-state index in [4.69, 9.17) is 19.9 Å². The SMILES string of the molecule is CO[C@H]([C@@H](C)C(=O)N[C@@H](Cc1ccccc1)c1nccs1)[C@@H]1CCCN1C(=O)C[C@@H](OC)[C@H](C1CCCCC1)N(C)C(=O)[C@@H](NC(=O)C(C)(C)NC(=O)OCc1ccc(NC(=O)C(CCCNC(N)=O)NC(=O)[C@@H](NC(=O)CCCCCN2C(=O)C=CC2=O)C(C)C)cc1)C(C)C. The van der Waals surface area contributed by atoms with Gasteiger partial charge >= 0.3 is 12.1 Å². The van der Waals surface area contributed by atoms with Crippen molar-refractivity contribution in [2.75, 3.05) is 46.2 Å². The van der Waals surface area contributed by atoms with Crippen molar-refractivity contribution in [3.8, 4) is 0 Å². The van der Waals surface area contributed by atoms with Gasteiger partial charge in [0.2, 0.25) is 41.4 Å². The third-order valence-electron chi connectivity index (χ3n) is 18.4. The van der Waals surface area contributed by atoms with Crippen LogP contribution in [-0.4, -0.2) is 174 Å². The van der Waals surface area contributed by atoms with Gasteiger partial charge in [-0.3, -0.25) is 48.1 Å². The Morgan fingerprint density at radius 3 is 2.05 bits per heavy atom. The lowest BCUT2D eigenvalue weighted by molar-refractivity contribution is -0.148. The smallest absolute Gasteiger partial charge is 0.408 e. The van der Waals surface area contributed by atoms with Gasteiger partial charge in [-0.05, 0) is 113 Å². The third-order valence-corrected chi connectivity index (χ3v) is 19.2. The molecule has 97 heavy (non-hydrogen) atoms. The van der Waals surface area contributed by atoms with Gasteiger partial charge < -0.3 is 67.0 Å². The lowest BCUT2D eigenvalue weighted by Gasteiger charge is -2.43. The van der Waals surface area contributed by atoms with E-state index in [1.807, 2.05) is 56.5 Å². The Kier molecular flexibility index (Phi) is 30.4. The number of nitrogens with one attached hydrogen (secondary N) is 7. The molecule has 6 rings (SSSR count). The van der Waals surface area contributed by atoms with Gasteiger partial charge in [-0.1, -0.05) is 103 Å². The molecule has 3 aliphatic rings. The summed E-state index contributed by atoms with van der Waals surface area (Å²) in [5.74, 6) is -5.19. The first kappa shape index (κ1) is 77.7. The molecule has 2 aromatic carbocycles. The van der Waals surface area contributed by atoms with E-state index >= 15 is 0 Å². The molecule has 27 heteroatoms. The number of likely N-dealkylation sites (N-methyl/N-ethyl adjacent to an activating group) is 1. The summed E-state index contributed by atoms with van der Waals surface area (Å²) in [5.41, 5.74) is 5.57. The molecular weight excluding hydrogens is 1260 g/mol. The van der Waals surface area contributed by atoms with E-state index in [0.717, 1.165) is 47.6 Å². The van der Waals surface area contributed by atoms with Gasteiger partial charge in [0.15, 0.2) is 0 Å². The van der Waals surface area contributed by atoms with Crippen molar-refractivity contribution in [2.24, 2.45) is 29.4 Å². The van der Waals surface area contributed by atoms with E-state index in [1.165, 1.54) is 37.3 Å². The van der Waals surface area contributed by atoms with Crippen LogP contribution in [0.4, 0.5) is 15.3 Å². The van der Waals surface area contributed by atoms with Crippen molar-refractivity contribution in [3.05, 3.63) is 94.5 Å². The summed E-state index contributed by atoms with van der Waals surface area (Å²) in [6.07, 6.45) is 10.2. The molecule has 1 saturated carbocycles. The van der Waals surface area contributed by atoms with Gasteiger partial charge in [-0.2, -0.15) is 0 Å². The number of carbonyl (C=O) groups excluding carboxylic acids is 11. The maximum Gasteiger partial charge on any atom is 0.408 e. The summed E-state index contributed by atoms with van der Waals surface area (Å²) < 4.78 is 17.9. The van der Waals surface area contributed by atoms with Gasteiger partial charge in [0.1, 0.15) is 35.3 Å². The molecule has 3 heterocycles. The van der Waals surface area contributed by atoms with Gasteiger partial charge in [0.05, 0.1) is 42.7 Å². The Balaban J connectivity index is 1.02. The summed E-state index contributed by atoms with van der Waals surface area (Å²) in [7, 11) is 4.80. The van der Waals surface area contributed by atoms with Crippen molar-refractivity contribution in [1.82, 2.24) is 51.6 Å². The van der Waals surface area contributed by atoms with Gasteiger partial charge in [0.25, 0.3) is 11.8 Å². The predicted molar refractivity (Wildman–Crippen MR) is 365 cm³/mol. The zero-order valence-corrected chi connectivity index (χ0v) is 58.7. The van der Waals surface area contributed by atoms with Crippen LogP contribution < -0.4 is 43.0 Å². The Hall–Kier alpha value is -8.30. The molecule has 9 N–H and O–H groups in total. The summed E-state index contributed by atoms with van der Waals surface area (Å²) >= 11 is 1.47. The number of likely N-dealkylation sites (tertiary alicyclic amines) is 1. The second kappa shape index (κ2) is 38.0. The number of alkyl carbamates (subject to hydrolysis) is 1. The fourth-order valence-electron chi connectivity index (χ4n) is 12.8. The monoisotopic (exact) mass is 1370 g/mol. The number of amides is 12. The Morgan fingerprint density at radius 1 is 0.753 bits per heavy atom. The normalized spacial score (nSPS) is 17.5. The number of nitrogens with zero attached hydrogens (tertiary/aromatic N) is 4. The topological polar surface area (TPSA) is 348 Å². The van der Waals surface area contributed by atoms with Crippen molar-refractivity contribution in [2.45, 2.75) is 205 Å². The van der Waals surface area contributed by atoms with Crippen LogP contribution in [0.1, 0.15) is 161 Å². The molecule has 0 spiro atoms. The lowest BCUT2D eigenvalue weighted by atomic mass is 9.80. The summed E-state index contributed by atoms with van der Waals surface area (Å²) in [4.78, 5) is 156. The van der Waals surface area contributed by atoms with Crippen LogP contribution in [0.2, 0.25) is 0 Å². The number of hydrogen-bond donors (Lipinski definition) is 8. The number of carbonyl (C=O) groups is 11. The van der Waals surface area contributed by atoms with Crippen molar-refractivity contribution >= 4 is 82.3 Å². The Bertz CT molecular complexity index is 3140. The van der Waals surface area contributed by atoms with Gasteiger partial charge in [-0.15, -0.1) is 11.3 Å². The number of imide groups is 1. The average Bonchev–Trinajstić information content (AvgIpc) is 1.81. The quantitative estimate of drug-likeness (QED) is 0.0231. The van der Waals surface area contributed by atoms with Crippen LogP contribution in [0.15, 0.2) is 78.3 Å². The highest BCUT2D eigenvalue weighted by atomic mass is 32.1. The molecule has 0 radical (unpaired) electrons. The van der Waals surface area contributed by atoms with E-state index in [1.54, 1.807) is 75.4 Å². The minimum atomic E-state index is -1.58. The molecular formula is C70H102N12O14S. The van der Waals surface area contributed by atoms with Crippen LogP contribution in [0.5, 0.6) is 0 Å². The number of aromatic nitrogens is 1. The molecule has 1 aromatic heterocycles. The maximum atomic E-state index is 14.9. The molecule has 26 nitrogen and oxygen atoms in total. The van der Waals surface area contributed by atoms with Crippen molar-refractivity contribution in [1.29, 1.82) is 0 Å². The van der Waals surface area contributed by atoms with E-state index in [9.17, 15) is 52.7 Å². The first-order valence-corrected chi connectivity index (χ1v) is 34.8. The minimum Gasteiger partial charge on any atom is -0.445 e. The van der Waals surface area contributed by atoms with Crippen molar-refractivity contribution < 1.29 is 67.0 Å². The van der Waals surface area contributed by atoms with E-state index < -0.39 is 89.6 Å². The fraction of sp³-hybridized carbons (Fsp3) is 0.600. The summed E-state index contributed by atoms with van der Waals surface area (Å²) in [6.45, 7) is 12.5. The fourth-order valence-corrected chi connectivity index (χ4v) is 13.5. The van der Waals surface area contributed by atoms with Crippen LogP contribution in [-0.2, 0) is 70.4 Å². The number of nitrogens with two attached hydrogens (primary N) is 1. The van der Waals surface area contributed by atoms with Crippen LogP contribution in [0, 0.1) is 23.7 Å². The second-order valence-corrected chi connectivity index (χ2v) is 27.6. The highest BCUT2D eigenvalue weighted by Crippen LogP contribution is 2.35. The highest BCUT2D eigenvalue weighted by molar-refractivity contribution is 7.09. The molecule has 1 saturated heterocycles. The maximum absolute atomic E-state index is 14.9. The van der Waals surface area contributed by atoms with E-state index in [-0.39, 0.29) is 98.7 Å². The number of hydrogen-bond acceptors (Lipinski definition) is 16. The number of unbranched alkanes of at least 4 members (excludes halogenated alkanes) is 2. The van der Waals surface area contributed by atoms with Crippen LogP contribution in [0.3, 0.4) is 0 Å². The standard InChI is InChI=1S/C70H102N12O14S/c1-43(2)58(77-54(83)28-18-13-19-37-82-55(84)33-34-56(82)85)64(89)75-50(26-20-35-73-68(71)92)63(88)74-49-31-29-47(30-32-49)42-96-69(93)79-70(6,7)67(91)78-59(44(3)4)66(90)80(8)60(48-24-16-12-17-25-48)53(94-9)41-57(86)81-38-21-27-52(81)61(95-10)45(5)62(87)76-51(65-72-36-39-97-65)40-46-22-14-11-15-23-46/h11,14-15,22-23,29-34,36,39,43-45,48,50-53,58-61H,12-13,16-21,24-28,35,37-38,40-42H2,1-10H3,(H,74,88)(H,75,89)(H,76,87)(H,77,83)(H,78,91)(H,79,93)(H3,71,73,92)/t45-,50?,51+,52+,53-,58+,59+,60+,61-/m1/s1. The van der Waals surface area contributed by atoms with Gasteiger partial charge in [-0.25, -0.2) is 14.6 Å². The number of anilines is 1. The van der Waals surface area contributed by atoms with Crippen molar-refractivity contribution in [3.63, 3.8) is 0 Å². The van der Waals surface area contributed by atoms with Crippen LogP contribution in [0.25, 0.3) is 0 Å². The Labute approximate surface area is 573 Å². The average molecular weight is 1370 g/mol. The molecule has 12 amide bonds. The molecule has 2 aliphatic heterocycles. The molecule has 9 atom stereocenters. The van der Waals surface area contributed by atoms with E-state index in [0.29, 0.717) is 56.3 Å². The summed E-state index contributed by atoms with van der Waals surface area (Å²) in [5, 5.41) is 22.2. The minimum absolute atomic E-state index is 0.0183. The largest absolute Gasteiger partial charge is 0.445 e. The molecule has 532 valence electrons. The molecule has 3 aromatic rings. The molecule has 1 unspecified atom stereocenters. The predicted octanol–water partition coefficient (Wildman–Crippen LogP) is 6.34. The number of ether oxygens (including phenoxy) is 3. The number of methoxy groups -OCH3 is 2. The van der Waals surface area contributed by atoms with Gasteiger partial charge in [0, 0.05) is 76.7 Å². The lowest BCUT2D eigenvalue weighted by Crippen LogP contribution is -2.62. The van der Waals surface area contributed by atoms with E-state index in [2.05, 4.69) is 42.2 Å². The molecule has 2 fully saturated rings. The molecule has 0 bridgehead atoms. The number of rotatable bonds is 37. The Morgan fingerprint density at radius 2 is 1.43 bits per heavy atom. The summed E-state index contributed by atoms with van der Waals surface area (Å²) in [6, 6.07) is 11.0. The number of urea groups is 1. The van der Waals surface area contributed by atoms with Crippen LogP contribution >= 0.6 is 11.3 Å². The number of primary amides is 1.